The third-order valence-electron chi connectivity index (χ3n) is 6.36. The first-order chi connectivity index (χ1) is 18.6. The Morgan fingerprint density at radius 1 is 0.526 bits per heavy atom. The van der Waals surface area contributed by atoms with E-state index in [4.69, 9.17) is 14.2 Å². The van der Waals surface area contributed by atoms with Gasteiger partial charge in [0.15, 0.2) is 0 Å². The topological polar surface area (TPSA) is 61.8 Å². The Morgan fingerprint density at radius 3 is 1.55 bits per heavy atom. The molecule has 3 aromatic carbocycles. The van der Waals surface area contributed by atoms with Crippen LogP contribution in [0.4, 0.5) is 0 Å². The van der Waals surface area contributed by atoms with Gasteiger partial charge in [-0.2, -0.15) is 0 Å². The van der Waals surface area contributed by atoms with Gasteiger partial charge in [0.25, 0.3) is 0 Å². The number of ether oxygens (including phenoxy) is 3. The molecule has 0 aromatic heterocycles. The second-order valence-corrected chi connectivity index (χ2v) is 9.55. The lowest BCUT2D eigenvalue weighted by atomic mass is 10.1. The lowest BCUT2D eigenvalue weighted by Gasteiger charge is -2.09. The molecule has 0 amide bonds. The van der Waals surface area contributed by atoms with Gasteiger partial charge in [-0.3, -0.25) is 0 Å². The summed E-state index contributed by atoms with van der Waals surface area (Å²) in [6, 6.07) is 20.9. The van der Waals surface area contributed by atoms with E-state index in [0.717, 1.165) is 25.0 Å². The van der Waals surface area contributed by atoms with Crippen LogP contribution in [0.5, 0.6) is 17.2 Å². The normalized spacial score (nSPS) is 10.7. The van der Waals surface area contributed by atoms with Crippen molar-refractivity contribution >= 4 is 11.9 Å². The maximum absolute atomic E-state index is 12.5. The average molecular weight is 517 g/mol. The highest BCUT2D eigenvalue weighted by Crippen LogP contribution is 2.21. The third kappa shape index (κ3) is 10.0. The van der Waals surface area contributed by atoms with Gasteiger partial charge in [-0.1, -0.05) is 70.9 Å². The zero-order chi connectivity index (χ0) is 27.0. The van der Waals surface area contributed by atoms with Crippen molar-refractivity contribution in [1.82, 2.24) is 0 Å². The van der Waals surface area contributed by atoms with E-state index in [2.05, 4.69) is 13.8 Å². The number of aryl methyl sites for hydroxylation is 1. The molecule has 0 heterocycles. The van der Waals surface area contributed by atoms with Crippen LogP contribution in [-0.4, -0.2) is 18.5 Å². The molecule has 0 spiro atoms. The van der Waals surface area contributed by atoms with Crippen molar-refractivity contribution in [3.8, 4) is 17.2 Å². The SMILES string of the molecule is CCCCCCCCOc1ccc(OC(=O)c2ccc(OC(=O)c3ccc(CCCCC)cc3)cc2)cc1. The van der Waals surface area contributed by atoms with Crippen molar-refractivity contribution in [2.75, 3.05) is 6.61 Å². The predicted octanol–water partition coefficient (Wildman–Crippen LogP) is 8.60. The Kier molecular flexibility index (Phi) is 12.4. The predicted molar refractivity (Wildman–Crippen MR) is 151 cm³/mol. The van der Waals surface area contributed by atoms with Gasteiger partial charge in [0.1, 0.15) is 17.2 Å². The van der Waals surface area contributed by atoms with E-state index in [9.17, 15) is 9.59 Å². The molecular weight excluding hydrogens is 476 g/mol. The Balaban J connectivity index is 1.42. The number of carbonyl (C=O) groups excluding carboxylic acids is 2. The highest BCUT2D eigenvalue weighted by Gasteiger charge is 2.12. The Hall–Kier alpha value is -3.60. The molecule has 0 saturated carbocycles. The Labute approximate surface area is 227 Å². The summed E-state index contributed by atoms with van der Waals surface area (Å²) in [5, 5.41) is 0. The quantitative estimate of drug-likeness (QED) is 0.108. The van der Waals surface area contributed by atoms with E-state index >= 15 is 0 Å². The average Bonchev–Trinajstić information content (AvgIpc) is 2.94. The van der Waals surface area contributed by atoms with Crippen LogP contribution >= 0.6 is 0 Å². The Morgan fingerprint density at radius 2 is 0.974 bits per heavy atom. The van der Waals surface area contributed by atoms with Crippen molar-refractivity contribution in [3.63, 3.8) is 0 Å². The van der Waals surface area contributed by atoms with Crippen LogP contribution in [0, 0.1) is 0 Å². The summed E-state index contributed by atoms with van der Waals surface area (Å²) >= 11 is 0. The van der Waals surface area contributed by atoms with Crippen LogP contribution in [0.2, 0.25) is 0 Å². The van der Waals surface area contributed by atoms with E-state index in [1.165, 1.54) is 50.5 Å². The van der Waals surface area contributed by atoms with Crippen molar-refractivity contribution in [1.29, 1.82) is 0 Å². The van der Waals surface area contributed by atoms with E-state index in [1.54, 1.807) is 60.7 Å². The summed E-state index contributed by atoms with van der Waals surface area (Å²) in [5.41, 5.74) is 2.07. The summed E-state index contributed by atoms with van der Waals surface area (Å²) in [6.07, 6.45) is 11.9. The molecule has 0 atom stereocenters. The molecule has 0 aliphatic heterocycles. The molecule has 38 heavy (non-hydrogen) atoms. The van der Waals surface area contributed by atoms with Gasteiger partial charge in [0, 0.05) is 0 Å². The molecule has 202 valence electrons. The van der Waals surface area contributed by atoms with Gasteiger partial charge in [-0.25, -0.2) is 9.59 Å². The zero-order valence-electron chi connectivity index (χ0n) is 22.7. The minimum Gasteiger partial charge on any atom is -0.494 e. The van der Waals surface area contributed by atoms with Gasteiger partial charge in [0.05, 0.1) is 17.7 Å². The molecule has 0 saturated heterocycles. The smallest absolute Gasteiger partial charge is 0.343 e. The number of unbranched alkanes of at least 4 members (excludes halogenated alkanes) is 7. The summed E-state index contributed by atoms with van der Waals surface area (Å²) < 4.78 is 16.7. The monoisotopic (exact) mass is 516 g/mol. The van der Waals surface area contributed by atoms with Crippen LogP contribution in [-0.2, 0) is 6.42 Å². The van der Waals surface area contributed by atoms with Crippen LogP contribution in [0.1, 0.15) is 97.9 Å². The molecule has 0 fully saturated rings. The summed E-state index contributed by atoms with van der Waals surface area (Å²) in [4.78, 5) is 25.0. The number of esters is 2. The molecule has 0 N–H and O–H groups in total. The van der Waals surface area contributed by atoms with Gasteiger partial charge in [-0.05, 0) is 85.5 Å². The van der Waals surface area contributed by atoms with Crippen LogP contribution < -0.4 is 14.2 Å². The number of carbonyl (C=O) groups is 2. The van der Waals surface area contributed by atoms with E-state index in [1.807, 2.05) is 12.1 Å². The molecule has 3 aromatic rings. The van der Waals surface area contributed by atoms with Crippen LogP contribution in [0.25, 0.3) is 0 Å². The van der Waals surface area contributed by atoms with E-state index < -0.39 is 11.9 Å². The van der Waals surface area contributed by atoms with Crippen molar-refractivity contribution < 1.29 is 23.8 Å². The third-order valence-corrected chi connectivity index (χ3v) is 6.36. The molecule has 0 aliphatic rings. The molecular formula is C33H40O5. The summed E-state index contributed by atoms with van der Waals surface area (Å²) in [6.45, 7) is 5.09. The maximum Gasteiger partial charge on any atom is 0.343 e. The van der Waals surface area contributed by atoms with Gasteiger partial charge in [0.2, 0.25) is 0 Å². The lowest BCUT2D eigenvalue weighted by molar-refractivity contribution is 0.0730. The number of hydrogen-bond donors (Lipinski definition) is 0. The first-order valence-electron chi connectivity index (χ1n) is 13.9. The minimum absolute atomic E-state index is 0.365. The van der Waals surface area contributed by atoms with E-state index in [-0.39, 0.29) is 0 Å². The number of hydrogen-bond acceptors (Lipinski definition) is 5. The molecule has 0 radical (unpaired) electrons. The second kappa shape index (κ2) is 16.3. The molecule has 0 bridgehead atoms. The standard InChI is InChI=1S/C33H40O5/c1-3-5-7-8-9-11-25-36-29-21-23-31(24-22-29)38-33(35)28-17-19-30(20-18-28)37-32(34)27-15-13-26(14-16-27)12-10-6-4-2/h13-24H,3-12,25H2,1-2H3. The molecule has 0 aliphatic carbocycles. The van der Waals surface area contributed by atoms with Crippen molar-refractivity contribution in [2.45, 2.75) is 78.1 Å². The highest BCUT2D eigenvalue weighted by atomic mass is 16.5. The van der Waals surface area contributed by atoms with Crippen LogP contribution in [0.3, 0.4) is 0 Å². The first kappa shape index (κ1) is 29.0. The lowest BCUT2D eigenvalue weighted by Crippen LogP contribution is -2.10. The van der Waals surface area contributed by atoms with Crippen molar-refractivity contribution in [3.05, 3.63) is 89.5 Å². The number of benzene rings is 3. The fourth-order valence-electron chi connectivity index (χ4n) is 4.05. The largest absolute Gasteiger partial charge is 0.494 e. The van der Waals surface area contributed by atoms with Gasteiger partial charge < -0.3 is 14.2 Å². The molecule has 5 nitrogen and oxygen atoms in total. The fourth-order valence-corrected chi connectivity index (χ4v) is 4.05. The summed E-state index contributed by atoms with van der Waals surface area (Å²) in [7, 11) is 0. The van der Waals surface area contributed by atoms with E-state index in [0.29, 0.717) is 29.2 Å². The first-order valence-corrected chi connectivity index (χ1v) is 13.9. The van der Waals surface area contributed by atoms with Crippen molar-refractivity contribution in [2.24, 2.45) is 0 Å². The van der Waals surface area contributed by atoms with Gasteiger partial charge in [-0.15, -0.1) is 0 Å². The maximum atomic E-state index is 12.5. The molecule has 3 rings (SSSR count). The Bertz CT molecular complexity index is 1100. The summed E-state index contributed by atoms with van der Waals surface area (Å²) in [5.74, 6) is 0.651. The fraction of sp³-hybridized carbons (Fsp3) is 0.394. The minimum atomic E-state index is -0.484. The number of rotatable bonds is 16. The van der Waals surface area contributed by atoms with Crippen LogP contribution in [0.15, 0.2) is 72.8 Å². The zero-order valence-corrected chi connectivity index (χ0v) is 22.7. The molecule has 0 unspecified atom stereocenters. The molecule has 5 heteroatoms. The van der Waals surface area contributed by atoms with Gasteiger partial charge >= 0.3 is 11.9 Å². The highest BCUT2D eigenvalue weighted by molar-refractivity contribution is 5.92. The second-order valence-electron chi connectivity index (χ2n) is 9.55.